The molecule has 1 aromatic carbocycles. The first-order valence-corrected chi connectivity index (χ1v) is 12.9. The van der Waals surface area contributed by atoms with Gasteiger partial charge in [0.15, 0.2) is 0 Å². The SMILES string of the molecule is C/C=C\C(=C/CC)[C@@H]1CN(CC(O)c2ccc(CO)nc2)CCN1c1ccc(C(N)=O)cc1Cl.CC. The van der Waals surface area contributed by atoms with Gasteiger partial charge in [0.25, 0.3) is 0 Å². The molecule has 1 saturated heterocycles. The van der Waals surface area contributed by atoms with Crippen molar-refractivity contribution in [2.45, 2.75) is 52.9 Å². The summed E-state index contributed by atoms with van der Waals surface area (Å²) < 4.78 is 0. The first-order valence-electron chi connectivity index (χ1n) is 12.5. The van der Waals surface area contributed by atoms with E-state index in [0.29, 0.717) is 35.9 Å². The molecule has 1 amide bonds. The Balaban J connectivity index is 0.00000222. The molecule has 1 aliphatic heterocycles. The lowest BCUT2D eigenvalue weighted by Gasteiger charge is -2.44. The molecule has 2 atom stereocenters. The lowest BCUT2D eigenvalue weighted by molar-refractivity contribution is 0.1000. The zero-order chi connectivity index (χ0) is 26.7. The number of piperazine rings is 1. The predicted molar refractivity (Wildman–Crippen MR) is 147 cm³/mol. The number of anilines is 1. The molecule has 7 nitrogen and oxygen atoms in total. The summed E-state index contributed by atoms with van der Waals surface area (Å²) in [6.07, 6.45) is 8.17. The summed E-state index contributed by atoms with van der Waals surface area (Å²) >= 11 is 6.59. The van der Waals surface area contributed by atoms with E-state index in [1.807, 2.05) is 32.9 Å². The summed E-state index contributed by atoms with van der Waals surface area (Å²) in [5, 5.41) is 20.5. The van der Waals surface area contributed by atoms with Crippen molar-refractivity contribution in [2.24, 2.45) is 5.73 Å². The smallest absolute Gasteiger partial charge is 0.248 e. The van der Waals surface area contributed by atoms with Gasteiger partial charge in [0.2, 0.25) is 5.91 Å². The number of nitrogens with zero attached hydrogens (tertiary/aromatic N) is 3. The van der Waals surface area contributed by atoms with Crippen LogP contribution >= 0.6 is 11.6 Å². The number of aromatic nitrogens is 1. The van der Waals surface area contributed by atoms with Gasteiger partial charge in [-0.3, -0.25) is 14.7 Å². The Kier molecular flexibility index (Phi) is 12.1. The molecule has 1 aromatic heterocycles. The molecule has 0 aliphatic carbocycles. The van der Waals surface area contributed by atoms with Crippen molar-refractivity contribution in [3.8, 4) is 0 Å². The number of halogens is 1. The van der Waals surface area contributed by atoms with Crippen LogP contribution in [0.2, 0.25) is 5.02 Å². The van der Waals surface area contributed by atoms with Gasteiger partial charge in [0.1, 0.15) is 0 Å². The second kappa shape index (κ2) is 14.8. The number of rotatable bonds is 9. The van der Waals surface area contributed by atoms with Gasteiger partial charge in [0.05, 0.1) is 35.2 Å². The van der Waals surface area contributed by atoms with Crippen molar-refractivity contribution in [1.82, 2.24) is 9.88 Å². The number of carbonyl (C=O) groups is 1. The van der Waals surface area contributed by atoms with E-state index in [4.69, 9.17) is 17.3 Å². The average molecular weight is 515 g/mol. The van der Waals surface area contributed by atoms with Crippen LogP contribution < -0.4 is 10.6 Å². The fraction of sp³-hybridized carbons (Fsp3) is 0.429. The first-order chi connectivity index (χ1) is 17.4. The van der Waals surface area contributed by atoms with Crippen molar-refractivity contribution < 1.29 is 15.0 Å². The van der Waals surface area contributed by atoms with E-state index >= 15 is 0 Å². The molecule has 196 valence electrons. The van der Waals surface area contributed by atoms with Crippen molar-refractivity contribution in [3.63, 3.8) is 0 Å². The van der Waals surface area contributed by atoms with Crippen LogP contribution in [0.25, 0.3) is 0 Å². The molecule has 2 aromatic rings. The Bertz CT molecular complexity index is 1040. The molecule has 0 radical (unpaired) electrons. The van der Waals surface area contributed by atoms with E-state index in [0.717, 1.165) is 24.2 Å². The highest BCUT2D eigenvalue weighted by Gasteiger charge is 2.31. The molecule has 36 heavy (non-hydrogen) atoms. The molecule has 8 heteroatoms. The van der Waals surface area contributed by atoms with Crippen LogP contribution in [0, 0.1) is 0 Å². The maximum absolute atomic E-state index is 11.6. The van der Waals surface area contributed by atoms with E-state index in [9.17, 15) is 15.0 Å². The minimum absolute atomic E-state index is 0.0175. The summed E-state index contributed by atoms with van der Waals surface area (Å²) in [6.45, 7) is 10.6. The molecule has 0 saturated carbocycles. The van der Waals surface area contributed by atoms with Crippen LogP contribution in [-0.4, -0.2) is 58.2 Å². The Hall–Kier alpha value is -2.71. The molecule has 2 heterocycles. The maximum atomic E-state index is 11.6. The van der Waals surface area contributed by atoms with Crippen molar-refractivity contribution >= 4 is 23.2 Å². The minimum atomic E-state index is -0.689. The summed E-state index contributed by atoms with van der Waals surface area (Å²) in [7, 11) is 0. The number of benzene rings is 1. The normalized spacial score (nSPS) is 17.6. The van der Waals surface area contributed by atoms with Gasteiger partial charge >= 0.3 is 0 Å². The number of hydrogen-bond acceptors (Lipinski definition) is 6. The summed E-state index contributed by atoms with van der Waals surface area (Å²) in [6, 6.07) is 8.73. The number of aliphatic hydroxyl groups excluding tert-OH is 2. The van der Waals surface area contributed by atoms with Gasteiger partial charge in [-0.05, 0) is 43.2 Å². The average Bonchev–Trinajstić information content (AvgIpc) is 2.90. The third-order valence-electron chi connectivity index (χ3n) is 6.02. The Morgan fingerprint density at radius 3 is 2.58 bits per heavy atom. The van der Waals surface area contributed by atoms with E-state index in [2.05, 4.69) is 33.9 Å². The number of allylic oxidation sites excluding steroid dienone is 2. The molecule has 1 aliphatic rings. The monoisotopic (exact) mass is 514 g/mol. The minimum Gasteiger partial charge on any atom is -0.390 e. The summed E-state index contributed by atoms with van der Waals surface area (Å²) in [5.41, 5.74) is 9.12. The van der Waals surface area contributed by atoms with E-state index < -0.39 is 12.0 Å². The largest absolute Gasteiger partial charge is 0.390 e. The van der Waals surface area contributed by atoms with Crippen molar-refractivity contribution in [2.75, 3.05) is 31.1 Å². The van der Waals surface area contributed by atoms with Crippen molar-refractivity contribution in [3.05, 3.63) is 82.2 Å². The number of hydrogen-bond donors (Lipinski definition) is 3. The van der Waals surface area contributed by atoms with Crippen LogP contribution in [0.15, 0.2) is 60.3 Å². The lowest BCUT2D eigenvalue weighted by atomic mass is 9.98. The fourth-order valence-corrected chi connectivity index (χ4v) is 4.58. The standard InChI is InChI=1S/C26H33ClN4O3.C2H6/c1-3-5-18(6-4-2)24-15-30(16-25(33)20-7-9-21(17-32)29-14-20)11-12-31(24)23-10-8-19(26(28)34)13-22(23)27;1-2/h3,5-10,13-14,24-25,32-33H,4,11-12,15-17H2,1-2H3,(H2,28,34);1-2H3/b5-3-,18-6+;/t24-,25?;/m0./s1. The topological polar surface area (TPSA) is 103 Å². The number of β-amino-alcohol motifs (C(OH)–C–C–N with tert-alkyl or cyclic N) is 1. The quantitative estimate of drug-likeness (QED) is 0.426. The molecule has 1 unspecified atom stereocenters. The third-order valence-corrected chi connectivity index (χ3v) is 6.32. The molecule has 0 spiro atoms. The van der Waals surface area contributed by atoms with Gasteiger partial charge in [-0.15, -0.1) is 0 Å². The molecule has 4 N–H and O–H groups in total. The number of carbonyl (C=O) groups excluding carboxylic acids is 1. The summed E-state index contributed by atoms with van der Waals surface area (Å²) in [4.78, 5) is 20.2. The Morgan fingerprint density at radius 2 is 2.03 bits per heavy atom. The van der Waals surface area contributed by atoms with Crippen LogP contribution in [0.5, 0.6) is 0 Å². The molecular weight excluding hydrogens is 476 g/mol. The number of pyridine rings is 1. The highest BCUT2D eigenvalue weighted by Crippen LogP contribution is 2.33. The molecule has 3 rings (SSSR count). The van der Waals surface area contributed by atoms with Gasteiger partial charge in [-0.2, -0.15) is 0 Å². The predicted octanol–water partition coefficient (Wildman–Crippen LogP) is 4.49. The molecule has 1 fully saturated rings. The van der Waals surface area contributed by atoms with Gasteiger partial charge in [-0.1, -0.05) is 56.7 Å². The maximum Gasteiger partial charge on any atom is 0.248 e. The van der Waals surface area contributed by atoms with Gasteiger partial charge < -0.3 is 20.8 Å². The number of aliphatic hydroxyl groups is 2. The highest BCUT2D eigenvalue weighted by atomic mass is 35.5. The molecular formula is C28H39ClN4O3. The zero-order valence-electron chi connectivity index (χ0n) is 21.7. The van der Waals surface area contributed by atoms with Crippen LogP contribution in [0.1, 0.15) is 61.8 Å². The number of amides is 1. The van der Waals surface area contributed by atoms with Crippen LogP contribution in [0.3, 0.4) is 0 Å². The number of primary amides is 1. The highest BCUT2D eigenvalue weighted by molar-refractivity contribution is 6.33. The van der Waals surface area contributed by atoms with Gasteiger partial charge in [-0.25, -0.2) is 0 Å². The lowest BCUT2D eigenvalue weighted by Crippen LogP contribution is -2.54. The number of nitrogens with two attached hydrogens (primary N) is 1. The van der Waals surface area contributed by atoms with E-state index in [1.165, 1.54) is 5.57 Å². The Labute approximate surface area is 219 Å². The van der Waals surface area contributed by atoms with E-state index in [1.54, 1.807) is 30.5 Å². The van der Waals surface area contributed by atoms with Crippen molar-refractivity contribution in [1.29, 1.82) is 0 Å². The molecule has 0 bridgehead atoms. The fourth-order valence-electron chi connectivity index (χ4n) is 4.29. The second-order valence-corrected chi connectivity index (χ2v) is 8.78. The third kappa shape index (κ3) is 7.64. The van der Waals surface area contributed by atoms with Crippen LogP contribution in [0.4, 0.5) is 5.69 Å². The Morgan fingerprint density at radius 1 is 1.28 bits per heavy atom. The van der Waals surface area contributed by atoms with Gasteiger partial charge in [0, 0.05) is 43.5 Å². The first kappa shape index (κ1) is 29.5. The van der Waals surface area contributed by atoms with Crippen LogP contribution in [-0.2, 0) is 6.61 Å². The zero-order valence-corrected chi connectivity index (χ0v) is 22.4. The second-order valence-electron chi connectivity index (χ2n) is 8.37. The summed E-state index contributed by atoms with van der Waals surface area (Å²) in [5.74, 6) is -0.509. The van der Waals surface area contributed by atoms with E-state index in [-0.39, 0.29) is 12.6 Å².